The number of benzene rings is 2. The number of rotatable bonds is 6. The molecular weight excluding hydrogens is 386 g/mol. The fourth-order valence-electron chi connectivity index (χ4n) is 3.13. The fourth-order valence-corrected chi connectivity index (χ4v) is 4.10. The van der Waals surface area contributed by atoms with Crippen molar-refractivity contribution in [3.05, 3.63) is 64.7 Å². The Bertz CT molecular complexity index is 1200. The van der Waals surface area contributed by atoms with Crippen molar-refractivity contribution in [3.63, 3.8) is 0 Å². The van der Waals surface area contributed by atoms with Crippen LogP contribution in [0.15, 0.2) is 58.5 Å². The van der Waals surface area contributed by atoms with Crippen molar-refractivity contribution in [1.29, 1.82) is 0 Å². The smallest absolute Gasteiger partial charge is 0.258 e. The summed E-state index contributed by atoms with van der Waals surface area (Å²) in [4.78, 5) is 19.9. The first-order chi connectivity index (χ1) is 14.1. The number of para-hydroxylation sites is 1. The lowest BCUT2D eigenvalue weighted by Gasteiger charge is -2.12. The number of fused-ring (bicyclic) bond motifs is 1. The summed E-state index contributed by atoms with van der Waals surface area (Å²) in [6.07, 6.45) is 0. The van der Waals surface area contributed by atoms with E-state index in [0.717, 1.165) is 28.8 Å². The lowest BCUT2D eigenvalue weighted by molar-refractivity contribution is 0.415. The van der Waals surface area contributed by atoms with Crippen LogP contribution >= 0.6 is 11.8 Å². The summed E-state index contributed by atoms with van der Waals surface area (Å²) in [5.41, 5.74) is 1.53. The largest absolute Gasteiger partial charge is 0.497 e. The molecule has 0 bridgehead atoms. The van der Waals surface area contributed by atoms with Crippen LogP contribution in [0.3, 0.4) is 0 Å². The predicted molar refractivity (Wildman–Crippen MR) is 114 cm³/mol. The van der Waals surface area contributed by atoms with Crippen molar-refractivity contribution < 1.29 is 4.74 Å². The summed E-state index contributed by atoms with van der Waals surface area (Å²) in [7, 11) is 1.64. The molecule has 1 N–H and O–H groups in total. The minimum Gasteiger partial charge on any atom is -0.497 e. The van der Waals surface area contributed by atoms with Gasteiger partial charge in [0.1, 0.15) is 11.6 Å². The molecule has 29 heavy (non-hydrogen) atoms. The van der Waals surface area contributed by atoms with E-state index in [1.54, 1.807) is 13.2 Å². The van der Waals surface area contributed by atoms with Gasteiger partial charge in [0.15, 0.2) is 11.0 Å². The van der Waals surface area contributed by atoms with Gasteiger partial charge in [-0.3, -0.25) is 4.79 Å². The second-order valence-electron chi connectivity index (χ2n) is 6.51. The minimum atomic E-state index is -0.131. The second-order valence-corrected chi connectivity index (χ2v) is 7.82. The number of methoxy groups -OCH3 is 1. The third kappa shape index (κ3) is 3.75. The third-order valence-electron chi connectivity index (χ3n) is 4.68. The van der Waals surface area contributed by atoms with Crippen molar-refractivity contribution in [2.24, 2.45) is 0 Å². The standard InChI is InChI=1S/C21H21N5O2S/c1-4-26-19(14-9-11-15(28-3)12-10-14)24-25-21(26)29-13(2)18-22-17-8-6-5-7-16(17)20(27)23-18/h5-13H,4H2,1-3H3,(H,22,23,27). The molecule has 0 fully saturated rings. The van der Waals surface area contributed by atoms with Crippen LogP contribution < -0.4 is 10.3 Å². The highest BCUT2D eigenvalue weighted by Crippen LogP contribution is 2.34. The molecule has 0 aliphatic heterocycles. The van der Waals surface area contributed by atoms with Crippen molar-refractivity contribution in [2.75, 3.05) is 7.11 Å². The summed E-state index contributed by atoms with van der Waals surface area (Å²) < 4.78 is 7.28. The summed E-state index contributed by atoms with van der Waals surface area (Å²) in [6.45, 7) is 4.78. The molecule has 148 valence electrons. The zero-order chi connectivity index (χ0) is 20.4. The molecule has 0 radical (unpaired) electrons. The fraction of sp³-hybridized carbons (Fsp3) is 0.238. The molecule has 1 atom stereocenters. The molecule has 0 aliphatic rings. The molecule has 0 amide bonds. The van der Waals surface area contributed by atoms with Crippen LogP contribution in [0.25, 0.3) is 22.3 Å². The molecule has 4 rings (SSSR count). The normalized spacial score (nSPS) is 12.2. The second kappa shape index (κ2) is 8.08. The van der Waals surface area contributed by atoms with E-state index in [-0.39, 0.29) is 10.8 Å². The van der Waals surface area contributed by atoms with Crippen LogP contribution in [0, 0.1) is 0 Å². The van der Waals surface area contributed by atoms with E-state index in [4.69, 9.17) is 4.74 Å². The van der Waals surface area contributed by atoms with Gasteiger partial charge in [-0.1, -0.05) is 23.9 Å². The molecule has 2 heterocycles. The maximum atomic E-state index is 12.4. The van der Waals surface area contributed by atoms with E-state index in [9.17, 15) is 4.79 Å². The van der Waals surface area contributed by atoms with Gasteiger partial charge in [-0.15, -0.1) is 10.2 Å². The molecule has 2 aromatic heterocycles. The van der Waals surface area contributed by atoms with E-state index < -0.39 is 0 Å². The highest BCUT2D eigenvalue weighted by atomic mass is 32.2. The van der Waals surface area contributed by atoms with Crippen LogP contribution in [0.4, 0.5) is 0 Å². The van der Waals surface area contributed by atoms with Crippen LogP contribution in [-0.2, 0) is 6.54 Å². The molecular formula is C21H21N5O2S. The molecule has 0 saturated heterocycles. The first-order valence-corrected chi connectivity index (χ1v) is 10.2. The maximum absolute atomic E-state index is 12.4. The lowest BCUT2D eigenvalue weighted by atomic mass is 10.2. The van der Waals surface area contributed by atoms with Gasteiger partial charge in [0.05, 0.1) is 23.3 Å². The first-order valence-electron chi connectivity index (χ1n) is 9.34. The number of hydrogen-bond donors (Lipinski definition) is 1. The Morgan fingerprint density at radius 3 is 2.62 bits per heavy atom. The van der Waals surface area contributed by atoms with Crippen LogP contribution in [0.2, 0.25) is 0 Å². The molecule has 8 heteroatoms. The average Bonchev–Trinajstić information content (AvgIpc) is 3.16. The van der Waals surface area contributed by atoms with Crippen LogP contribution in [0.1, 0.15) is 24.9 Å². The van der Waals surface area contributed by atoms with Gasteiger partial charge in [0.25, 0.3) is 5.56 Å². The van der Waals surface area contributed by atoms with Gasteiger partial charge in [0, 0.05) is 12.1 Å². The van der Waals surface area contributed by atoms with E-state index in [0.29, 0.717) is 16.7 Å². The number of thioether (sulfide) groups is 1. The van der Waals surface area contributed by atoms with Crippen LogP contribution in [0.5, 0.6) is 5.75 Å². The van der Waals surface area contributed by atoms with E-state index in [1.165, 1.54) is 11.8 Å². The van der Waals surface area contributed by atoms with Gasteiger partial charge in [-0.2, -0.15) is 0 Å². The van der Waals surface area contributed by atoms with Gasteiger partial charge in [-0.05, 0) is 50.2 Å². The Labute approximate surface area is 172 Å². The summed E-state index contributed by atoms with van der Waals surface area (Å²) >= 11 is 1.52. The topological polar surface area (TPSA) is 85.7 Å². The Balaban J connectivity index is 1.64. The van der Waals surface area contributed by atoms with Crippen molar-refractivity contribution in [2.45, 2.75) is 30.8 Å². The number of ether oxygens (including phenoxy) is 1. The van der Waals surface area contributed by atoms with Crippen LogP contribution in [-0.4, -0.2) is 31.8 Å². The summed E-state index contributed by atoms with van der Waals surface area (Å²) in [5, 5.41) is 10.0. The van der Waals surface area contributed by atoms with Gasteiger partial charge in [-0.25, -0.2) is 4.98 Å². The van der Waals surface area contributed by atoms with E-state index in [2.05, 4.69) is 31.7 Å². The predicted octanol–water partition coefficient (Wildman–Crippen LogP) is 4.06. The quantitative estimate of drug-likeness (QED) is 0.485. The minimum absolute atomic E-state index is 0.0921. The zero-order valence-electron chi connectivity index (χ0n) is 16.4. The molecule has 7 nitrogen and oxygen atoms in total. The number of aromatic amines is 1. The Morgan fingerprint density at radius 2 is 1.90 bits per heavy atom. The molecule has 0 saturated carbocycles. The number of nitrogens with one attached hydrogen (secondary N) is 1. The van der Waals surface area contributed by atoms with Gasteiger partial charge < -0.3 is 14.3 Å². The third-order valence-corrected chi connectivity index (χ3v) is 5.77. The Morgan fingerprint density at radius 1 is 1.14 bits per heavy atom. The van der Waals surface area contributed by atoms with Crippen molar-refractivity contribution >= 4 is 22.7 Å². The van der Waals surface area contributed by atoms with Gasteiger partial charge >= 0.3 is 0 Å². The number of aromatic nitrogens is 5. The molecule has 4 aromatic rings. The highest BCUT2D eigenvalue weighted by molar-refractivity contribution is 7.99. The van der Waals surface area contributed by atoms with Crippen molar-refractivity contribution in [1.82, 2.24) is 24.7 Å². The van der Waals surface area contributed by atoms with Gasteiger partial charge in [0.2, 0.25) is 0 Å². The van der Waals surface area contributed by atoms with Crippen molar-refractivity contribution in [3.8, 4) is 17.1 Å². The Kier molecular flexibility index (Phi) is 5.35. The molecule has 0 aliphatic carbocycles. The average molecular weight is 407 g/mol. The van der Waals surface area contributed by atoms with E-state index in [1.807, 2.05) is 49.4 Å². The number of nitrogens with zero attached hydrogens (tertiary/aromatic N) is 4. The summed E-state index contributed by atoms with van der Waals surface area (Å²) in [5.74, 6) is 2.21. The number of H-pyrrole nitrogens is 1. The molecule has 2 aromatic carbocycles. The molecule has 0 spiro atoms. The first kappa shape index (κ1) is 19.2. The summed E-state index contributed by atoms with van der Waals surface area (Å²) in [6, 6.07) is 15.1. The van der Waals surface area contributed by atoms with E-state index >= 15 is 0 Å². The molecule has 1 unspecified atom stereocenters. The zero-order valence-corrected chi connectivity index (χ0v) is 17.2. The SMILES string of the molecule is CCn1c(SC(C)c2nc3ccccc3c(=O)[nH]2)nnc1-c1ccc(OC)cc1. The monoisotopic (exact) mass is 407 g/mol. The Hall–Kier alpha value is -3.13. The number of hydrogen-bond acceptors (Lipinski definition) is 6. The highest BCUT2D eigenvalue weighted by Gasteiger charge is 2.19. The maximum Gasteiger partial charge on any atom is 0.258 e. The lowest BCUT2D eigenvalue weighted by Crippen LogP contribution is -2.13.